The summed E-state index contributed by atoms with van der Waals surface area (Å²) in [7, 11) is 1.79. The molecule has 0 aliphatic carbocycles. The number of ether oxygens (including phenoxy) is 1. The van der Waals surface area contributed by atoms with Gasteiger partial charge in [0.05, 0.1) is 6.61 Å². The van der Waals surface area contributed by atoms with Gasteiger partial charge in [-0.15, -0.1) is 0 Å². The lowest BCUT2D eigenvalue weighted by Crippen LogP contribution is -2.07. The molecule has 0 atom stereocenters. The maximum atomic E-state index is 5.03. The van der Waals surface area contributed by atoms with Gasteiger partial charge in [-0.05, 0) is 13.0 Å². The minimum atomic E-state index is 0.645. The number of hydrogen-bond acceptors (Lipinski definition) is 2. The molecule has 0 aliphatic heterocycles. The molecule has 0 saturated carbocycles. The lowest BCUT2D eigenvalue weighted by atomic mass is 10.5. The molecule has 0 aromatic rings. The minimum Gasteiger partial charge on any atom is -0.480 e. The molecule has 10 heavy (non-hydrogen) atoms. The van der Waals surface area contributed by atoms with Crippen LogP contribution in [0.1, 0.15) is 27.2 Å². The Bertz CT molecular complexity index is 71.7. The molecular formula is C8H19NO. The van der Waals surface area contributed by atoms with Gasteiger partial charge >= 0.3 is 0 Å². The van der Waals surface area contributed by atoms with Gasteiger partial charge in [-0.2, -0.15) is 0 Å². The van der Waals surface area contributed by atoms with E-state index in [0.29, 0.717) is 5.88 Å². The van der Waals surface area contributed by atoms with E-state index < -0.39 is 0 Å². The summed E-state index contributed by atoms with van der Waals surface area (Å²) in [6.07, 6.45) is 1.03. The first-order valence-corrected chi connectivity index (χ1v) is 3.80. The Morgan fingerprint density at radius 1 is 1.50 bits per heavy atom. The van der Waals surface area contributed by atoms with Crippen LogP contribution in [0.15, 0.2) is 12.5 Å². The van der Waals surface area contributed by atoms with Crippen LogP contribution in [0.2, 0.25) is 0 Å². The third-order valence-electron chi connectivity index (χ3n) is 0.759. The Hall–Kier alpha value is -0.660. The van der Waals surface area contributed by atoms with Gasteiger partial charge < -0.3 is 10.1 Å². The van der Waals surface area contributed by atoms with Gasteiger partial charge in [-0.1, -0.05) is 20.8 Å². The van der Waals surface area contributed by atoms with Crippen molar-refractivity contribution in [2.45, 2.75) is 27.2 Å². The van der Waals surface area contributed by atoms with E-state index in [1.54, 1.807) is 7.05 Å². The zero-order valence-corrected chi connectivity index (χ0v) is 7.53. The zero-order valence-electron chi connectivity index (χ0n) is 7.53. The number of nitrogens with one attached hydrogen (secondary N) is 1. The highest BCUT2D eigenvalue weighted by atomic mass is 16.5. The Labute approximate surface area is 64.3 Å². The van der Waals surface area contributed by atoms with Crippen LogP contribution in [0.5, 0.6) is 0 Å². The average Bonchev–Trinajstić information content (AvgIpc) is 2.04. The SMILES string of the molecule is C=C(NC)OCCC.CC. The van der Waals surface area contributed by atoms with Gasteiger partial charge in [-0.25, -0.2) is 0 Å². The maximum Gasteiger partial charge on any atom is 0.178 e. The summed E-state index contributed by atoms with van der Waals surface area (Å²) in [5.41, 5.74) is 0. The van der Waals surface area contributed by atoms with Crippen LogP contribution in [0, 0.1) is 0 Å². The first-order chi connectivity index (χ1) is 4.81. The highest BCUT2D eigenvalue weighted by molar-refractivity contribution is 4.74. The van der Waals surface area contributed by atoms with Crippen LogP contribution >= 0.6 is 0 Å². The molecular weight excluding hydrogens is 126 g/mol. The summed E-state index contributed by atoms with van der Waals surface area (Å²) in [5.74, 6) is 0.645. The molecule has 0 rings (SSSR count). The lowest BCUT2D eigenvalue weighted by molar-refractivity contribution is 0.197. The van der Waals surface area contributed by atoms with Crippen molar-refractivity contribution in [2.75, 3.05) is 13.7 Å². The minimum absolute atomic E-state index is 0.645. The van der Waals surface area contributed by atoms with E-state index in [9.17, 15) is 0 Å². The van der Waals surface area contributed by atoms with Crippen molar-refractivity contribution in [3.05, 3.63) is 12.5 Å². The highest BCUT2D eigenvalue weighted by Gasteiger charge is 1.83. The summed E-state index contributed by atoms with van der Waals surface area (Å²) >= 11 is 0. The van der Waals surface area contributed by atoms with Gasteiger partial charge in [0, 0.05) is 7.05 Å². The number of rotatable bonds is 4. The van der Waals surface area contributed by atoms with Crippen molar-refractivity contribution in [1.29, 1.82) is 0 Å². The third-order valence-corrected chi connectivity index (χ3v) is 0.759. The fraction of sp³-hybridized carbons (Fsp3) is 0.750. The van der Waals surface area contributed by atoms with E-state index in [2.05, 4.69) is 18.8 Å². The second-order valence-corrected chi connectivity index (χ2v) is 1.52. The third kappa shape index (κ3) is 10.3. The van der Waals surface area contributed by atoms with Crippen molar-refractivity contribution < 1.29 is 4.74 Å². The molecule has 0 radical (unpaired) electrons. The molecule has 0 bridgehead atoms. The molecule has 62 valence electrons. The van der Waals surface area contributed by atoms with Crippen molar-refractivity contribution in [2.24, 2.45) is 0 Å². The van der Waals surface area contributed by atoms with Crippen LogP contribution in [-0.4, -0.2) is 13.7 Å². The molecule has 0 amide bonds. The van der Waals surface area contributed by atoms with Crippen LogP contribution < -0.4 is 5.32 Å². The largest absolute Gasteiger partial charge is 0.480 e. The summed E-state index contributed by atoms with van der Waals surface area (Å²) in [6.45, 7) is 10.4. The van der Waals surface area contributed by atoms with E-state index in [0.717, 1.165) is 13.0 Å². The van der Waals surface area contributed by atoms with E-state index >= 15 is 0 Å². The Balaban J connectivity index is 0. The smallest absolute Gasteiger partial charge is 0.178 e. The second kappa shape index (κ2) is 11.2. The molecule has 1 N–H and O–H groups in total. The van der Waals surface area contributed by atoms with Crippen LogP contribution in [0.4, 0.5) is 0 Å². The van der Waals surface area contributed by atoms with Gasteiger partial charge in [-0.3, -0.25) is 0 Å². The van der Waals surface area contributed by atoms with Crippen molar-refractivity contribution in [3.8, 4) is 0 Å². The molecule has 0 fully saturated rings. The normalized spacial score (nSPS) is 7.20. The topological polar surface area (TPSA) is 21.3 Å². The fourth-order valence-corrected chi connectivity index (χ4v) is 0.297. The monoisotopic (exact) mass is 145 g/mol. The molecule has 0 aliphatic rings. The first-order valence-electron chi connectivity index (χ1n) is 3.80. The van der Waals surface area contributed by atoms with Gasteiger partial charge in [0.25, 0.3) is 0 Å². The maximum absolute atomic E-state index is 5.03. The quantitative estimate of drug-likeness (QED) is 0.612. The van der Waals surface area contributed by atoms with Crippen molar-refractivity contribution >= 4 is 0 Å². The van der Waals surface area contributed by atoms with Crippen molar-refractivity contribution in [3.63, 3.8) is 0 Å². The van der Waals surface area contributed by atoms with Gasteiger partial charge in [0.15, 0.2) is 5.88 Å². The highest BCUT2D eigenvalue weighted by Crippen LogP contribution is 1.86. The first kappa shape index (κ1) is 12.1. The van der Waals surface area contributed by atoms with E-state index in [1.165, 1.54) is 0 Å². The lowest BCUT2D eigenvalue weighted by Gasteiger charge is -2.04. The van der Waals surface area contributed by atoms with Gasteiger partial charge in [0.1, 0.15) is 0 Å². The molecule has 0 aromatic carbocycles. The summed E-state index contributed by atoms with van der Waals surface area (Å²) in [5, 5.41) is 2.78. The Morgan fingerprint density at radius 3 is 2.30 bits per heavy atom. The number of hydrogen-bond donors (Lipinski definition) is 1. The standard InChI is InChI=1S/C6H13NO.C2H6/c1-4-5-8-6(2)7-3;1-2/h7H,2,4-5H2,1,3H3;1-2H3. The molecule has 2 nitrogen and oxygen atoms in total. The van der Waals surface area contributed by atoms with Crippen LogP contribution in [-0.2, 0) is 4.74 Å². The van der Waals surface area contributed by atoms with Crippen molar-refractivity contribution in [1.82, 2.24) is 5.32 Å². The van der Waals surface area contributed by atoms with E-state index in [4.69, 9.17) is 4.74 Å². The predicted molar refractivity (Wildman–Crippen MR) is 45.8 cm³/mol. The zero-order chi connectivity index (χ0) is 8.41. The summed E-state index contributed by atoms with van der Waals surface area (Å²) in [4.78, 5) is 0. The van der Waals surface area contributed by atoms with Crippen LogP contribution in [0.25, 0.3) is 0 Å². The average molecular weight is 145 g/mol. The molecule has 0 aromatic heterocycles. The molecule has 0 heterocycles. The van der Waals surface area contributed by atoms with E-state index in [1.807, 2.05) is 13.8 Å². The summed E-state index contributed by atoms with van der Waals surface area (Å²) in [6, 6.07) is 0. The molecule has 0 saturated heterocycles. The Kier molecular flexibility index (Phi) is 13.5. The van der Waals surface area contributed by atoms with E-state index in [-0.39, 0.29) is 0 Å². The Morgan fingerprint density at radius 2 is 2.00 bits per heavy atom. The molecule has 0 unspecified atom stereocenters. The summed E-state index contributed by atoms with van der Waals surface area (Å²) < 4.78 is 5.03. The molecule has 0 spiro atoms. The predicted octanol–water partition coefficient (Wildman–Crippen LogP) is 2.13. The van der Waals surface area contributed by atoms with Gasteiger partial charge in [0.2, 0.25) is 0 Å². The van der Waals surface area contributed by atoms with Crippen LogP contribution in [0.3, 0.4) is 0 Å². The fourth-order valence-electron chi connectivity index (χ4n) is 0.297. The second-order valence-electron chi connectivity index (χ2n) is 1.52. The molecule has 2 heteroatoms.